The predicted octanol–water partition coefficient (Wildman–Crippen LogP) is 2.36. The molecule has 25 heavy (non-hydrogen) atoms. The maximum Gasteiger partial charge on any atom is 0.254 e. The highest BCUT2D eigenvalue weighted by Gasteiger charge is 2.34. The second-order valence-corrected chi connectivity index (χ2v) is 7.03. The van der Waals surface area contributed by atoms with Crippen LogP contribution in [-0.4, -0.2) is 44.0 Å². The number of rotatable bonds is 3. The molecular formula is C19H20N4O2. The van der Waals surface area contributed by atoms with Gasteiger partial charge in [-0.2, -0.15) is 0 Å². The van der Waals surface area contributed by atoms with Crippen LogP contribution >= 0.6 is 0 Å². The maximum absolute atomic E-state index is 12.8. The van der Waals surface area contributed by atoms with E-state index in [1.807, 2.05) is 47.4 Å². The number of hydrogen-bond donors (Lipinski definition) is 1. The number of benzene rings is 2. The number of nitrogens with zero attached hydrogens (tertiary/aromatic N) is 4. The van der Waals surface area contributed by atoms with Crippen molar-refractivity contribution in [1.29, 1.82) is 0 Å². The summed E-state index contributed by atoms with van der Waals surface area (Å²) in [6.45, 7) is 4.55. The van der Waals surface area contributed by atoms with Crippen LogP contribution in [0, 0.1) is 0 Å². The molecule has 128 valence electrons. The number of fused-ring (bicyclic) bond motifs is 1. The summed E-state index contributed by atoms with van der Waals surface area (Å²) in [7, 11) is 0. The first-order valence-corrected chi connectivity index (χ1v) is 8.35. The van der Waals surface area contributed by atoms with Crippen molar-refractivity contribution in [3.05, 3.63) is 59.9 Å². The van der Waals surface area contributed by atoms with E-state index in [1.165, 1.54) is 0 Å². The number of carbonyl (C=O) groups excluding carboxylic acids is 1. The van der Waals surface area contributed by atoms with Crippen LogP contribution in [0.4, 0.5) is 0 Å². The minimum Gasteiger partial charge on any atom is -0.384 e. The zero-order chi connectivity index (χ0) is 17.6. The lowest BCUT2D eigenvalue weighted by atomic mass is 10.0. The molecule has 0 bridgehead atoms. The minimum atomic E-state index is -1.01. The summed E-state index contributed by atoms with van der Waals surface area (Å²) in [5.74, 6) is 0.0378. The highest BCUT2D eigenvalue weighted by atomic mass is 16.3. The van der Waals surface area contributed by atoms with Crippen LogP contribution in [0.15, 0.2) is 48.7 Å². The minimum absolute atomic E-state index is 0.0378. The molecule has 0 spiro atoms. The number of amides is 1. The Bertz CT molecular complexity index is 930. The standard InChI is InChI=1S/C19H20N4O2/c1-19(2,25)17-12-23(21-20-17)14-10-22(11-14)18(24)16-9-5-7-13-6-3-4-8-15(13)16/h3-9,12,14,25H,10-11H2,1-2H3. The van der Waals surface area contributed by atoms with E-state index in [4.69, 9.17) is 0 Å². The largest absolute Gasteiger partial charge is 0.384 e. The lowest BCUT2D eigenvalue weighted by molar-refractivity contribution is 0.0498. The molecule has 2 heterocycles. The summed E-state index contributed by atoms with van der Waals surface area (Å²) in [6.07, 6.45) is 1.75. The molecule has 0 saturated carbocycles. The quantitative estimate of drug-likeness (QED) is 0.797. The summed E-state index contributed by atoms with van der Waals surface area (Å²) in [6, 6.07) is 13.8. The average Bonchev–Trinajstić information content (AvgIpc) is 3.02. The van der Waals surface area contributed by atoms with E-state index in [0.29, 0.717) is 18.8 Å². The van der Waals surface area contributed by atoms with Crippen molar-refractivity contribution < 1.29 is 9.90 Å². The summed E-state index contributed by atoms with van der Waals surface area (Å²) in [5.41, 5.74) is 0.249. The topological polar surface area (TPSA) is 71.2 Å². The Hall–Kier alpha value is -2.73. The summed E-state index contributed by atoms with van der Waals surface area (Å²) < 4.78 is 1.74. The third-order valence-corrected chi connectivity index (χ3v) is 4.68. The Morgan fingerprint density at radius 2 is 1.88 bits per heavy atom. The van der Waals surface area contributed by atoms with E-state index in [0.717, 1.165) is 16.3 Å². The fourth-order valence-corrected chi connectivity index (χ4v) is 3.11. The van der Waals surface area contributed by atoms with E-state index >= 15 is 0 Å². The third kappa shape index (κ3) is 2.78. The first-order chi connectivity index (χ1) is 11.9. The van der Waals surface area contributed by atoms with Crippen LogP contribution in [0.5, 0.6) is 0 Å². The normalized spacial score (nSPS) is 15.4. The molecule has 4 rings (SSSR count). The van der Waals surface area contributed by atoms with E-state index in [1.54, 1.807) is 24.7 Å². The van der Waals surface area contributed by atoms with Crippen LogP contribution in [0.25, 0.3) is 10.8 Å². The van der Waals surface area contributed by atoms with Crippen molar-refractivity contribution in [3.8, 4) is 0 Å². The molecule has 6 nitrogen and oxygen atoms in total. The first-order valence-electron chi connectivity index (χ1n) is 8.35. The van der Waals surface area contributed by atoms with Gasteiger partial charge in [0.15, 0.2) is 0 Å². The van der Waals surface area contributed by atoms with Gasteiger partial charge in [0.2, 0.25) is 0 Å². The molecule has 0 unspecified atom stereocenters. The number of aromatic nitrogens is 3. The van der Waals surface area contributed by atoms with Crippen LogP contribution < -0.4 is 0 Å². The molecule has 0 aliphatic carbocycles. The lowest BCUT2D eigenvalue weighted by Gasteiger charge is -2.39. The van der Waals surface area contributed by atoms with Gasteiger partial charge in [0.25, 0.3) is 5.91 Å². The van der Waals surface area contributed by atoms with Crippen LogP contribution in [0.1, 0.15) is 35.9 Å². The molecule has 0 atom stereocenters. The summed E-state index contributed by atoms with van der Waals surface area (Å²) >= 11 is 0. The Balaban J connectivity index is 1.50. The van der Waals surface area contributed by atoms with Gasteiger partial charge in [-0.3, -0.25) is 4.79 Å². The molecule has 1 aliphatic rings. The van der Waals surface area contributed by atoms with Gasteiger partial charge in [-0.15, -0.1) is 5.10 Å². The molecule has 1 amide bonds. The van der Waals surface area contributed by atoms with Crippen molar-refractivity contribution in [3.63, 3.8) is 0 Å². The van der Waals surface area contributed by atoms with Gasteiger partial charge in [0.05, 0.1) is 12.2 Å². The van der Waals surface area contributed by atoms with Crippen molar-refractivity contribution >= 4 is 16.7 Å². The van der Waals surface area contributed by atoms with Gasteiger partial charge in [0.1, 0.15) is 11.3 Å². The van der Waals surface area contributed by atoms with Crippen LogP contribution in [0.2, 0.25) is 0 Å². The van der Waals surface area contributed by atoms with Crippen molar-refractivity contribution in [2.45, 2.75) is 25.5 Å². The van der Waals surface area contributed by atoms with Crippen LogP contribution in [-0.2, 0) is 5.60 Å². The molecule has 1 fully saturated rings. The van der Waals surface area contributed by atoms with Crippen molar-refractivity contribution in [2.24, 2.45) is 0 Å². The fraction of sp³-hybridized carbons (Fsp3) is 0.316. The maximum atomic E-state index is 12.8. The molecule has 1 saturated heterocycles. The van der Waals surface area contributed by atoms with Gasteiger partial charge in [0, 0.05) is 18.7 Å². The third-order valence-electron chi connectivity index (χ3n) is 4.68. The zero-order valence-electron chi connectivity index (χ0n) is 14.3. The van der Waals surface area contributed by atoms with Gasteiger partial charge >= 0.3 is 0 Å². The Kier molecular flexibility index (Phi) is 3.58. The number of likely N-dealkylation sites (tertiary alicyclic amines) is 1. The number of carbonyl (C=O) groups is 1. The van der Waals surface area contributed by atoms with E-state index in [9.17, 15) is 9.90 Å². The van der Waals surface area contributed by atoms with Gasteiger partial charge in [-0.25, -0.2) is 4.68 Å². The van der Waals surface area contributed by atoms with Crippen molar-refractivity contribution in [1.82, 2.24) is 19.9 Å². The average molecular weight is 336 g/mol. The Morgan fingerprint density at radius 1 is 1.16 bits per heavy atom. The van der Waals surface area contributed by atoms with Gasteiger partial charge < -0.3 is 10.0 Å². The highest BCUT2D eigenvalue weighted by Crippen LogP contribution is 2.27. The molecule has 2 aromatic carbocycles. The summed E-state index contributed by atoms with van der Waals surface area (Å²) in [5, 5.41) is 20.1. The first kappa shape index (κ1) is 15.8. The van der Waals surface area contributed by atoms with Gasteiger partial charge in [-0.05, 0) is 30.7 Å². The van der Waals surface area contributed by atoms with Crippen molar-refractivity contribution in [2.75, 3.05) is 13.1 Å². The fourth-order valence-electron chi connectivity index (χ4n) is 3.11. The van der Waals surface area contributed by atoms with E-state index in [-0.39, 0.29) is 11.9 Å². The second kappa shape index (κ2) is 5.67. The predicted molar refractivity (Wildman–Crippen MR) is 94.2 cm³/mol. The monoisotopic (exact) mass is 336 g/mol. The molecule has 1 N–H and O–H groups in total. The highest BCUT2D eigenvalue weighted by molar-refractivity contribution is 6.07. The molecular weight excluding hydrogens is 316 g/mol. The van der Waals surface area contributed by atoms with E-state index < -0.39 is 5.60 Å². The number of aliphatic hydroxyl groups is 1. The second-order valence-electron chi connectivity index (χ2n) is 7.03. The number of hydrogen-bond acceptors (Lipinski definition) is 4. The molecule has 0 radical (unpaired) electrons. The molecule has 1 aromatic heterocycles. The summed E-state index contributed by atoms with van der Waals surface area (Å²) in [4.78, 5) is 14.6. The smallest absolute Gasteiger partial charge is 0.254 e. The molecule has 1 aliphatic heterocycles. The lowest BCUT2D eigenvalue weighted by Crippen LogP contribution is -2.51. The SMILES string of the molecule is CC(C)(O)c1cn(C2CN(C(=O)c3cccc4ccccc34)C2)nn1. The molecule has 6 heteroatoms. The van der Waals surface area contributed by atoms with E-state index in [2.05, 4.69) is 10.3 Å². The zero-order valence-corrected chi connectivity index (χ0v) is 14.3. The Labute approximate surface area is 145 Å². The Morgan fingerprint density at radius 3 is 2.60 bits per heavy atom. The molecule has 3 aromatic rings. The van der Waals surface area contributed by atoms with Crippen LogP contribution in [0.3, 0.4) is 0 Å². The van der Waals surface area contributed by atoms with Gasteiger partial charge in [-0.1, -0.05) is 41.6 Å².